The third kappa shape index (κ3) is 2.78. The summed E-state index contributed by atoms with van der Waals surface area (Å²) in [6.45, 7) is 0. The average molecular weight is 286 g/mol. The van der Waals surface area contributed by atoms with Crippen molar-refractivity contribution in [2.75, 3.05) is 0 Å². The summed E-state index contributed by atoms with van der Waals surface area (Å²) < 4.78 is 10.3. The number of benzene rings is 1. The first-order valence-corrected chi connectivity index (χ1v) is 6.86. The highest BCUT2D eigenvalue weighted by Gasteiger charge is 2.08. The summed E-state index contributed by atoms with van der Waals surface area (Å²) in [6.07, 6.45) is 0.231. The zero-order valence-corrected chi connectivity index (χ0v) is 11.2. The van der Waals surface area contributed by atoms with Crippen molar-refractivity contribution in [3.8, 4) is 5.75 Å². The van der Waals surface area contributed by atoms with Crippen LogP contribution >= 0.6 is 11.3 Å². The Hall–Kier alpha value is -2.40. The standard InChI is InChI=1S/C15H10O4S/c16-14-6-4-10-3-5-11(8-13(10)19-14)18-15(17)9-12-2-1-7-20-12/h1-8H,9H2. The molecular formula is C15H10O4S. The number of fused-ring (bicyclic) bond motifs is 1. The Morgan fingerprint density at radius 3 is 2.85 bits per heavy atom. The summed E-state index contributed by atoms with van der Waals surface area (Å²) in [5.41, 5.74) is -0.0292. The van der Waals surface area contributed by atoms with Crippen LogP contribution in [0.3, 0.4) is 0 Å². The van der Waals surface area contributed by atoms with Crippen molar-refractivity contribution >= 4 is 28.3 Å². The molecule has 0 aliphatic carbocycles. The first-order valence-electron chi connectivity index (χ1n) is 5.98. The van der Waals surface area contributed by atoms with Crippen molar-refractivity contribution in [1.82, 2.24) is 0 Å². The lowest BCUT2D eigenvalue weighted by Crippen LogP contribution is -2.10. The van der Waals surface area contributed by atoms with Crippen LogP contribution in [0.25, 0.3) is 11.0 Å². The summed E-state index contributed by atoms with van der Waals surface area (Å²) in [7, 11) is 0. The molecule has 3 rings (SSSR count). The van der Waals surface area contributed by atoms with Crippen LogP contribution in [0.2, 0.25) is 0 Å². The largest absolute Gasteiger partial charge is 0.426 e. The highest BCUT2D eigenvalue weighted by Crippen LogP contribution is 2.20. The number of carbonyl (C=O) groups is 1. The van der Waals surface area contributed by atoms with E-state index in [1.807, 2.05) is 17.5 Å². The molecule has 1 aromatic carbocycles. The van der Waals surface area contributed by atoms with Gasteiger partial charge in [-0.1, -0.05) is 6.07 Å². The summed E-state index contributed by atoms with van der Waals surface area (Å²) in [5.74, 6) is 0.0264. The Bertz CT molecular complexity index is 802. The van der Waals surface area contributed by atoms with Crippen molar-refractivity contribution in [1.29, 1.82) is 0 Å². The van der Waals surface area contributed by atoms with Gasteiger partial charge in [-0.2, -0.15) is 0 Å². The molecule has 0 aliphatic rings. The smallest absolute Gasteiger partial charge is 0.336 e. The number of ether oxygens (including phenoxy) is 1. The van der Waals surface area contributed by atoms with Gasteiger partial charge in [-0.15, -0.1) is 11.3 Å². The predicted octanol–water partition coefficient (Wildman–Crippen LogP) is 3.00. The molecule has 3 aromatic rings. The molecule has 0 radical (unpaired) electrons. The van der Waals surface area contributed by atoms with E-state index in [9.17, 15) is 9.59 Å². The van der Waals surface area contributed by atoms with E-state index in [1.165, 1.54) is 17.4 Å². The van der Waals surface area contributed by atoms with Gasteiger partial charge in [0.1, 0.15) is 11.3 Å². The van der Waals surface area contributed by atoms with Crippen molar-refractivity contribution in [3.05, 3.63) is 63.1 Å². The van der Waals surface area contributed by atoms with E-state index >= 15 is 0 Å². The molecule has 5 heteroatoms. The second kappa shape index (κ2) is 5.30. The lowest BCUT2D eigenvalue weighted by Gasteiger charge is -2.04. The highest BCUT2D eigenvalue weighted by atomic mass is 32.1. The third-order valence-electron chi connectivity index (χ3n) is 2.72. The van der Waals surface area contributed by atoms with Crippen LogP contribution in [0.1, 0.15) is 4.88 Å². The zero-order chi connectivity index (χ0) is 13.9. The van der Waals surface area contributed by atoms with Gasteiger partial charge in [0, 0.05) is 22.4 Å². The van der Waals surface area contributed by atoms with Gasteiger partial charge in [-0.3, -0.25) is 4.79 Å². The molecule has 0 fully saturated rings. The van der Waals surface area contributed by atoms with Crippen LogP contribution in [0.5, 0.6) is 5.75 Å². The predicted molar refractivity (Wildman–Crippen MR) is 76.1 cm³/mol. The molecular weight excluding hydrogens is 276 g/mol. The van der Waals surface area contributed by atoms with Gasteiger partial charge < -0.3 is 9.15 Å². The number of thiophene rings is 1. The summed E-state index contributed by atoms with van der Waals surface area (Å²) in [6, 6.07) is 11.7. The molecule has 20 heavy (non-hydrogen) atoms. The fourth-order valence-electron chi connectivity index (χ4n) is 1.83. The van der Waals surface area contributed by atoms with Crippen molar-refractivity contribution in [2.45, 2.75) is 6.42 Å². The minimum Gasteiger partial charge on any atom is -0.426 e. The molecule has 2 heterocycles. The summed E-state index contributed by atoms with van der Waals surface area (Å²) in [4.78, 5) is 23.9. The van der Waals surface area contributed by atoms with Crippen LogP contribution in [0.4, 0.5) is 0 Å². The molecule has 0 saturated carbocycles. The SMILES string of the molecule is O=C(Cc1cccs1)Oc1ccc2ccc(=O)oc2c1. The second-order valence-electron chi connectivity index (χ2n) is 4.18. The van der Waals surface area contributed by atoms with Crippen LogP contribution in [0, 0.1) is 0 Å². The maximum absolute atomic E-state index is 11.8. The fraction of sp³-hybridized carbons (Fsp3) is 0.0667. The molecule has 100 valence electrons. The molecule has 0 amide bonds. The molecule has 0 bridgehead atoms. The minimum absolute atomic E-state index is 0.231. The van der Waals surface area contributed by atoms with Crippen molar-refractivity contribution in [3.63, 3.8) is 0 Å². The third-order valence-corrected chi connectivity index (χ3v) is 3.60. The fourth-order valence-corrected chi connectivity index (χ4v) is 2.52. The molecule has 0 unspecified atom stereocenters. The lowest BCUT2D eigenvalue weighted by atomic mass is 10.2. The Balaban J connectivity index is 1.80. The van der Waals surface area contributed by atoms with E-state index in [4.69, 9.17) is 9.15 Å². The van der Waals surface area contributed by atoms with Crippen molar-refractivity contribution < 1.29 is 13.9 Å². The van der Waals surface area contributed by atoms with Crippen LogP contribution < -0.4 is 10.4 Å². The molecule has 0 spiro atoms. The van der Waals surface area contributed by atoms with E-state index in [-0.39, 0.29) is 12.4 Å². The Kier molecular flexibility index (Phi) is 3.35. The van der Waals surface area contributed by atoms with Crippen LogP contribution in [0.15, 0.2) is 57.1 Å². The topological polar surface area (TPSA) is 56.5 Å². The van der Waals surface area contributed by atoms with Gasteiger partial charge in [0.25, 0.3) is 0 Å². The summed E-state index contributed by atoms with van der Waals surface area (Å²) >= 11 is 1.51. The normalized spacial score (nSPS) is 10.6. The van der Waals surface area contributed by atoms with Crippen molar-refractivity contribution in [2.24, 2.45) is 0 Å². The monoisotopic (exact) mass is 286 g/mol. The van der Waals surface area contributed by atoms with Gasteiger partial charge >= 0.3 is 11.6 Å². The molecule has 0 saturated heterocycles. The second-order valence-corrected chi connectivity index (χ2v) is 5.22. The quantitative estimate of drug-likeness (QED) is 0.422. The lowest BCUT2D eigenvalue weighted by molar-refractivity contribution is -0.133. The maximum atomic E-state index is 11.8. The average Bonchev–Trinajstić information content (AvgIpc) is 2.91. The first kappa shape index (κ1) is 12.6. The van der Waals surface area contributed by atoms with Gasteiger partial charge in [-0.25, -0.2) is 4.79 Å². The molecule has 2 aromatic heterocycles. The van der Waals surface area contributed by atoms with E-state index in [2.05, 4.69) is 0 Å². The molecule has 0 atom stereocenters. The van der Waals surface area contributed by atoms with Crippen LogP contribution in [-0.2, 0) is 11.2 Å². The molecule has 4 nitrogen and oxygen atoms in total. The van der Waals surface area contributed by atoms with Gasteiger partial charge in [0.2, 0.25) is 0 Å². The zero-order valence-electron chi connectivity index (χ0n) is 10.4. The number of esters is 1. The van der Waals surface area contributed by atoms with Gasteiger partial charge in [0.15, 0.2) is 0 Å². The van der Waals surface area contributed by atoms with E-state index < -0.39 is 5.63 Å². The summed E-state index contributed by atoms with van der Waals surface area (Å²) in [5, 5.41) is 2.69. The van der Waals surface area contributed by atoms with Gasteiger partial charge in [-0.05, 0) is 29.6 Å². The minimum atomic E-state index is -0.431. The molecule has 0 aliphatic heterocycles. The van der Waals surface area contributed by atoms with Gasteiger partial charge in [0.05, 0.1) is 6.42 Å². The Labute approximate surface area is 118 Å². The first-order chi connectivity index (χ1) is 9.70. The number of rotatable bonds is 3. The van der Waals surface area contributed by atoms with Crippen LogP contribution in [-0.4, -0.2) is 5.97 Å². The number of hydrogen-bond donors (Lipinski definition) is 0. The van der Waals surface area contributed by atoms with E-state index in [0.717, 1.165) is 10.3 Å². The van der Waals surface area contributed by atoms with E-state index in [0.29, 0.717) is 11.3 Å². The van der Waals surface area contributed by atoms with E-state index in [1.54, 1.807) is 24.3 Å². The Morgan fingerprint density at radius 1 is 1.20 bits per heavy atom. The molecule has 0 N–H and O–H groups in total. The Morgan fingerprint density at radius 2 is 2.05 bits per heavy atom. The number of hydrogen-bond acceptors (Lipinski definition) is 5. The number of carbonyl (C=O) groups excluding carboxylic acids is 1. The maximum Gasteiger partial charge on any atom is 0.336 e. The highest BCUT2D eigenvalue weighted by molar-refractivity contribution is 7.10.